The molecule has 1 aliphatic rings. The van der Waals surface area contributed by atoms with Gasteiger partial charge in [0.15, 0.2) is 0 Å². The van der Waals surface area contributed by atoms with Crippen molar-refractivity contribution in [3.05, 3.63) is 83.2 Å². The molecule has 31 heavy (non-hydrogen) atoms. The van der Waals surface area contributed by atoms with Crippen LogP contribution in [0.4, 0.5) is 4.39 Å². The van der Waals surface area contributed by atoms with E-state index in [9.17, 15) is 17.6 Å². The average molecular weight is 468 g/mol. The van der Waals surface area contributed by atoms with Gasteiger partial charge in [-0.25, -0.2) is 17.1 Å². The van der Waals surface area contributed by atoms with Crippen LogP contribution in [0.2, 0.25) is 5.02 Å². The van der Waals surface area contributed by atoms with Crippen LogP contribution in [0.15, 0.2) is 61.2 Å². The van der Waals surface area contributed by atoms with Gasteiger partial charge in [0, 0.05) is 18.1 Å². The number of halogens is 2. The number of hydrogen-bond donors (Lipinski definition) is 0. The third kappa shape index (κ3) is 7.76. The molecule has 0 radical (unpaired) electrons. The highest BCUT2D eigenvalue weighted by molar-refractivity contribution is 7.89. The van der Waals surface area contributed by atoms with E-state index in [4.69, 9.17) is 11.6 Å². The fourth-order valence-electron chi connectivity index (χ4n) is 3.35. The van der Waals surface area contributed by atoms with Crippen molar-refractivity contribution in [1.82, 2.24) is 4.31 Å². The van der Waals surface area contributed by atoms with Gasteiger partial charge in [0.1, 0.15) is 5.82 Å². The molecular formula is C23H27ClFNO4S. The molecule has 168 valence electrons. The highest BCUT2D eigenvalue weighted by Crippen LogP contribution is 2.31. The largest absolute Gasteiger partial charge is 0.469 e. The van der Waals surface area contributed by atoms with E-state index in [1.807, 2.05) is 12.1 Å². The number of nitrogens with zero attached hydrogens (tertiary/aromatic N) is 1. The lowest BCUT2D eigenvalue weighted by Gasteiger charge is -2.32. The van der Waals surface area contributed by atoms with Crippen LogP contribution >= 0.6 is 11.6 Å². The van der Waals surface area contributed by atoms with Crippen molar-refractivity contribution in [3.63, 3.8) is 0 Å². The Morgan fingerprint density at radius 2 is 2.00 bits per heavy atom. The summed E-state index contributed by atoms with van der Waals surface area (Å²) >= 11 is 6.15. The Hall–Kier alpha value is -2.22. The summed E-state index contributed by atoms with van der Waals surface area (Å²) in [5.74, 6) is -0.490. The number of methoxy groups -OCH3 is 1. The first kappa shape index (κ1) is 25.0. The summed E-state index contributed by atoms with van der Waals surface area (Å²) in [4.78, 5) is 11.5. The number of benzene rings is 2. The number of hydrogen-bond acceptors (Lipinski definition) is 4. The zero-order valence-electron chi connectivity index (χ0n) is 17.5. The molecule has 5 nitrogen and oxygen atoms in total. The summed E-state index contributed by atoms with van der Waals surface area (Å²) in [5.41, 5.74) is 1.70. The molecule has 0 amide bonds. The maximum Gasteiger partial charge on any atom is 0.310 e. The summed E-state index contributed by atoms with van der Waals surface area (Å²) in [6.07, 6.45) is 3.22. The van der Waals surface area contributed by atoms with Gasteiger partial charge < -0.3 is 4.74 Å². The van der Waals surface area contributed by atoms with Crippen LogP contribution in [0, 0.1) is 5.82 Å². The normalized spacial score (nSPS) is 16.7. The summed E-state index contributed by atoms with van der Waals surface area (Å²) in [6.45, 7) is 4.49. The van der Waals surface area contributed by atoms with E-state index in [1.54, 1.807) is 24.3 Å². The summed E-state index contributed by atoms with van der Waals surface area (Å²) < 4.78 is 42.6. The zero-order valence-corrected chi connectivity index (χ0v) is 19.0. The quantitative estimate of drug-likeness (QED) is 0.461. The fourth-order valence-corrected chi connectivity index (χ4v) is 4.86. The Morgan fingerprint density at radius 1 is 1.29 bits per heavy atom. The standard InChI is InChI=1S/C17H22ClNO4S.C6H5F/c1-3-9-24(21,22)19-8-4-5-14(12-19)13-6-7-16(18)15(10-13)11-17(20)23-2;7-6-4-2-1-3-5-6/h3,6-7,10,14H,1,4-5,8-9,11-12H2,2H3;1-5H. The number of esters is 1. The maximum atomic E-state index is 12.2. The summed E-state index contributed by atoms with van der Waals surface area (Å²) in [5, 5.41) is 0.510. The summed E-state index contributed by atoms with van der Waals surface area (Å²) in [7, 11) is -1.96. The molecule has 3 rings (SSSR count). The predicted octanol–water partition coefficient (Wildman–Crippen LogP) is 4.58. The number of rotatable bonds is 6. The highest BCUT2D eigenvalue weighted by atomic mass is 35.5. The SMILES string of the molecule is C=CCS(=O)(=O)N1CCCC(c2ccc(Cl)c(CC(=O)OC)c2)C1.Fc1ccccc1. The minimum absolute atomic E-state index is 0.0477. The van der Waals surface area contributed by atoms with Crippen molar-refractivity contribution in [1.29, 1.82) is 0 Å². The lowest BCUT2D eigenvalue weighted by Crippen LogP contribution is -2.40. The van der Waals surface area contributed by atoms with Crippen molar-refractivity contribution in [2.75, 3.05) is 26.0 Å². The number of ether oxygens (including phenoxy) is 1. The molecule has 0 bridgehead atoms. The first-order valence-electron chi connectivity index (χ1n) is 9.91. The van der Waals surface area contributed by atoms with Crippen LogP contribution in [-0.2, 0) is 26.0 Å². The van der Waals surface area contributed by atoms with Gasteiger partial charge in [0.2, 0.25) is 10.0 Å². The van der Waals surface area contributed by atoms with Crippen LogP contribution in [0.25, 0.3) is 0 Å². The molecule has 1 unspecified atom stereocenters. The van der Waals surface area contributed by atoms with E-state index in [1.165, 1.54) is 29.6 Å². The molecule has 1 saturated heterocycles. The van der Waals surface area contributed by atoms with Gasteiger partial charge in [-0.05, 0) is 48.1 Å². The van der Waals surface area contributed by atoms with E-state index >= 15 is 0 Å². The lowest BCUT2D eigenvalue weighted by molar-refractivity contribution is -0.139. The highest BCUT2D eigenvalue weighted by Gasteiger charge is 2.29. The number of carbonyl (C=O) groups excluding carboxylic acids is 1. The van der Waals surface area contributed by atoms with Crippen LogP contribution in [0.3, 0.4) is 0 Å². The van der Waals surface area contributed by atoms with Crippen molar-refractivity contribution < 1.29 is 22.3 Å². The summed E-state index contributed by atoms with van der Waals surface area (Å²) in [6, 6.07) is 13.5. The molecule has 1 atom stereocenters. The Bertz CT molecular complexity index is 982. The van der Waals surface area contributed by atoms with Gasteiger partial charge in [0.25, 0.3) is 0 Å². The van der Waals surface area contributed by atoms with Gasteiger partial charge in [-0.15, -0.1) is 6.58 Å². The fraction of sp³-hybridized carbons (Fsp3) is 0.348. The molecule has 0 aliphatic carbocycles. The van der Waals surface area contributed by atoms with Crippen molar-refractivity contribution in [3.8, 4) is 0 Å². The van der Waals surface area contributed by atoms with Gasteiger partial charge >= 0.3 is 5.97 Å². The molecular weight excluding hydrogens is 441 g/mol. The molecule has 0 spiro atoms. The molecule has 1 aliphatic heterocycles. The third-order valence-electron chi connectivity index (χ3n) is 4.94. The first-order chi connectivity index (χ1) is 14.8. The second kappa shape index (κ2) is 12.0. The molecule has 1 heterocycles. The second-order valence-corrected chi connectivity index (χ2v) is 9.58. The Balaban J connectivity index is 0.000000412. The maximum absolute atomic E-state index is 12.2. The number of carbonyl (C=O) groups is 1. The molecule has 8 heteroatoms. The van der Waals surface area contributed by atoms with Crippen LogP contribution in [0.1, 0.15) is 29.9 Å². The monoisotopic (exact) mass is 467 g/mol. The van der Waals surface area contributed by atoms with Crippen LogP contribution in [-0.4, -0.2) is 44.6 Å². The Labute approximate surface area is 188 Å². The van der Waals surface area contributed by atoms with Crippen LogP contribution in [0.5, 0.6) is 0 Å². The van der Waals surface area contributed by atoms with Gasteiger partial charge in [-0.2, -0.15) is 0 Å². The smallest absolute Gasteiger partial charge is 0.310 e. The first-order valence-corrected chi connectivity index (χ1v) is 11.9. The van der Waals surface area contributed by atoms with E-state index < -0.39 is 10.0 Å². The predicted molar refractivity (Wildman–Crippen MR) is 121 cm³/mol. The van der Waals surface area contributed by atoms with Crippen molar-refractivity contribution >= 4 is 27.6 Å². The molecule has 0 N–H and O–H groups in total. The van der Waals surface area contributed by atoms with E-state index in [0.717, 1.165) is 18.4 Å². The lowest BCUT2D eigenvalue weighted by atomic mass is 9.90. The second-order valence-electron chi connectivity index (χ2n) is 7.16. The van der Waals surface area contributed by atoms with E-state index in [0.29, 0.717) is 23.7 Å². The third-order valence-corrected chi connectivity index (χ3v) is 7.09. The number of sulfonamides is 1. The van der Waals surface area contributed by atoms with E-state index in [2.05, 4.69) is 11.3 Å². The Morgan fingerprint density at radius 3 is 2.58 bits per heavy atom. The molecule has 0 saturated carbocycles. The van der Waals surface area contributed by atoms with Gasteiger partial charge in [0.05, 0.1) is 19.3 Å². The number of piperidine rings is 1. The Kier molecular flexibility index (Phi) is 9.68. The van der Waals surface area contributed by atoms with Crippen LogP contribution < -0.4 is 0 Å². The molecule has 2 aromatic rings. The van der Waals surface area contributed by atoms with Crippen molar-refractivity contribution in [2.45, 2.75) is 25.2 Å². The van der Waals surface area contributed by atoms with Gasteiger partial charge in [-0.3, -0.25) is 4.79 Å². The molecule has 1 fully saturated rings. The minimum Gasteiger partial charge on any atom is -0.469 e. The minimum atomic E-state index is -3.30. The van der Waals surface area contributed by atoms with Gasteiger partial charge in [-0.1, -0.05) is 48.0 Å². The zero-order chi connectivity index (χ0) is 22.9. The average Bonchev–Trinajstić information content (AvgIpc) is 2.76. The molecule has 0 aromatic heterocycles. The topological polar surface area (TPSA) is 63.7 Å². The van der Waals surface area contributed by atoms with E-state index in [-0.39, 0.29) is 29.9 Å². The van der Waals surface area contributed by atoms with Crippen molar-refractivity contribution in [2.24, 2.45) is 0 Å². The molecule has 2 aromatic carbocycles.